The first-order valence-electron chi connectivity index (χ1n) is 5.91. The van der Waals surface area contributed by atoms with E-state index in [2.05, 4.69) is 5.32 Å². The van der Waals surface area contributed by atoms with Crippen LogP contribution in [0.15, 0.2) is 24.3 Å². The summed E-state index contributed by atoms with van der Waals surface area (Å²) in [6.07, 6.45) is -0.357. The Morgan fingerprint density at radius 1 is 1.41 bits per heavy atom. The molecular weight excluding hydrogens is 216 g/mol. The minimum Gasteiger partial charge on any atom is -0.389 e. The number of hydrogen-bond donors (Lipinski definition) is 2. The Bertz CT molecular complexity index is 412. The number of amides is 1. The van der Waals surface area contributed by atoms with Gasteiger partial charge in [0.1, 0.15) is 0 Å². The summed E-state index contributed by atoms with van der Waals surface area (Å²) in [5.41, 5.74) is 1.53. The lowest BCUT2D eigenvalue weighted by Gasteiger charge is -2.36. The number of carbonyl (C=O) groups is 1. The Hall–Kier alpha value is -1.55. The Morgan fingerprint density at radius 2 is 2.06 bits per heavy atom. The maximum Gasteiger partial charge on any atom is 0.256 e. The number of anilines is 1. The molecule has 0 aliphatic carbocycles. The van der Waals surface area contributed by atoms with E-state index in [0.717, 1.165) is 5.69 Å². The lowest BCUT2D eigenvalue weighted by molar-refractivity contribution is 0.00595. The smallest absolute Gasteiger partial charge is 0.256 e. The average Bonchev–Trinajstić information content (AvgIpc) is 2.24. The fourth-order valence-electron chi connectivity index (χ4n) is 1.90. The summed E-state index contributed by atoms with van der Waals surface area (Å²) in [4.78, 5) is 13.8. The standard InChI is InChI=1S/C13H18N2O2/c1-9(2)14-12-6-4-3-5-11(12)13(17)15-7-10(16)8-15/h3-6,9-10,14,16H,7-8H2,1-2H3. The summed E-state index contributed by atoms with van der Waals surface area (Å²) in [7, 11) is 0. The molecule has 0 spiro atoms. The lowest BCUT2D eigenvalue weighted by Crippen LogP contribution is -2.53. The second-order valence-corrected chi connectivity index (χ2v) is 4.71. The van der Waals surface area contributed by atoms with Gasteiger partial charge in [-0.3, -0.25) is 4.79 Å². The molecule has 0 radical (unpaired) electrons. The Kier molecular flexibility index (Phi) is 3.33. The van der Waals surface area contributed by atoms with E-state index in [4.69, 9.17) is 0 Å². The van der Waals surface area contributed by atoms with Gasteiger partial charge >= 0.3 is 0 Å². The maximum absolute atomic E-state index is 12.1. The molecule has 0 atom stereocenters. The van der Waals surface area contributed by atoms with Crippen LogP contribution in [0.2, 0.25) is 0 Å². The second kappa shape index (κ2) is 4.75. The van der Waals surface area contributed by atoms with E-state index in [9.17, 15) is 9.90 Å². The van der Waals surface area contributed by atoms with Crippen molar-refractivity contribution in [3.8, 4) is 0 Å². The van der Waals surface area contributed by atoms with Crippen LogP contribution in [0, 0.1) is 0 Å². The van der Waals surface area contributed by atoms with Crippen molar-refractivity contribution in [2.45, 2.75) is 26.0 Å². The number of aliphatic hydroxyl groups excluding tert-OH is 1. The summed E-state index contributed by atoms with van der Waals surface area (Å²) >= 11 is 0. The van der Waals surface area contributed by atoms with Crippen LogP contribution in [0.5, 0.6) is 0 Å². The molecule has 1 heterocycles. The maximum atomic E-state index is 12.1. The molecule has 0 bridgehead atoms. The van der Waals surface area contributed by atoms with Crippen molar-refractivity contribution in [2.24, 2.45) is 0 Å². The van der Waals surface area contributed by atoms with Gasteiger partial charge < -0.3 is 15.3 Å². The largest absolute Gasteiger partial charge is 0.389 e. The van der Waals surface area contributed by atoms with Gasteiger partial charge in [-0.15, -0.1) is 0 Å². The quantitative estimate of drug-likeness (QED) is 0.829. The fraction of sp³-hybridized carbons (Fsp3) is 0.462. The van der Waals surface area contributed by atoms with Gasteiger partial charge in [0, 0.05) is 24.8 Å². The van der Waals surface area contributed by atoms with Crippen molar-refractivity contribution >= 4 is 11.6 Å². The molecule has 0 unspecified atom stereocenters. The highest BCUT2D eigenvalue weighted by Gasteiger charge is 2.30. The zero-order valence-corrected chi connectivity index (χ0v) is 10.2. The molecular formula is C13H18N2O2. The molecule has 4 nitrogen and oxygen atoms in total. The van der Waals surface area contributed by atoms with Gasteiger partial charge in [-0.25, -0.2) is 0 Å². The highest BCUT2D eigenvalue weighted by atomic mass is 16.3. The zero-order valence-electron chi connectivity index (χ0n) is 10.2. The summed E-state index contributed by atoms with van der Waals surface area (Å²) in [6.45, 7) is 4.95. The molecule has 17 heavy (non-hydrogen) atoms. The number of carbonyl (C=O) groups excluding carboxylic acids is 1. The predicted octanol–water partition coefficient (Wildman–Crippen LogP) is 1.32. The van der Waals surface area contributed by atoms with Crippen molar-refractivity contribution in [2.75, 3.05) is 18.4 Å². The highest BCUT2D eigenvalue weighted by molar-refractivity contribution is 6.00. The minimum atomic E-state index is -0.357. The van der Waals surface area contributed by atoms with Crippen molar-refractivity contribution < 1.29 is 9.90 Å². The number of aliphatic hydroxyl groups is 1. The first-order valence-corrected chi connectivity index (χ1v) is 5.91. The van der Waals surface area contributed by atoms with Crippen LogP contribution in [0.4, 0.5) is 5.69 Å². The van der Waals surface area contributed by atoms with Crippen LogP contribution < -0.4 is 5.32 Å². The van der Waals surface area contributed by atoms with Crippen LogP contribution in [0.3, 0.4) is 0 Å². The summed E-state index contributed by atoms with van der Waals surface area (Å²) in [6, 6.07) is 7.77. The van der Waals surface area contributed by atoms with Gasteiger partial charge in [0.2, 0.25) is 0 Å². The van der Waals surface area contributed by atoms with Crippen LogP contribution in [-0.2, 0) is 0 Å². The average molecular weight is 234 g/mol. The van der Waals surface area contributed by atoms with Gasteiger partial charge in [-0.2, -0.15) is 0 Å². The Morgan fingerprint density at radius 3 is 2.65 bits per heavy atom. The topological polar surface area (TPSA) is 52.6 Å². The number of nitrogens with zero attached hydrogens (tertiary/aromatic N) is 1. The molecule has 4 heteroatoms. The SMILES string of the molecule is CC(C)Nc1ccccc1C(=O)N1CC(O)C1. The van der Waals surface area contributed by atoms with Crippen LogP contribution in [0.25, 0.3) is 0 Å². The van der Waals surface area contributed by atoms with Gasteiger partial charge in [-0.05, 0) is 26.0 Å². The third kappa shape index (κ3) is 2.58. The molecule has 92 valence electrons. The Balaban J connectivity index is 2.16. The Labute approximate surface area is 101 Å². The molecule has 2 rings (SSSR count). The lowest BCUT2D eigenvalue weighted by atomic mass is 10.1. The van der Waals surface area contributed by atoms with E-state index < -0.39 is 0 Å². The van der Waals surface area contributed by atoms with E-state index in [-0.39, 0.29) is 18.1 Å². The van der Waals surface area contributed by atoms with E-state index in [0.29, 0.717) is 18.7 Å². The molecule has 0 aromatic heterocycles. The van der Waals surface area contributed by atoms with E-state index >= 15 is 0 Å². The summed E-state index contributed by atoms with van der Waals surface area (Å²) < 4.78 is 0. The molecule has 1 aromatic rings. The van der Waals surface area contributed by atoms with Crippen LogP contribution in [-0.4, -0.2) is 41.1 Å². The van der Waals surface area contributed by atoms with Gasteiger partial charge in [0.25, 0.3) is 5.91 Å². The van der Waals surface area contributed by atoms with Crippen LogP contribution in [0.1, 0.15) is 24.2 Å². The van der Waals surface area contributed by atoms with Gasteiger partial charge in [0.15, 0.2) is 0 Å². The number of hydrogen-bond acceptors (Lipinski definition) is 3. The first-order chi connectivity index (χ1) is 8.08. The van der Waals surface area contributed by atoms with Crippen molar-refractivity contribution in [1.29, 1.82) is 0 Å². The van der Waals surface area contributed by atoms with Crippen molar-refractivity contribution in [1.82, 2.24) is 4.90 Å². The summed E-state index contributed by atoms with van der Waals surface area (Å²) in [5, 5.41) is 12.5. The third-order valence-electron chi connectivity index (χ3n) is 2.75. The molecule has 1 aliphatic rings. The zero-order chi connectivity index (χ0) is 12.4. The fourth-order valence-corrected chi connectivity index (χ4v) is 1.90. The number of likely N-dealkylation sites (tertiary alicyclic amines) is 1. The minimum absolute atomic E-state index is 0.0148. The summed E-state index contributed by atoms with van der Waals surface area (Å²) in [5.74, 6) is -0.0148. The van der Waals surface area contributed by atoms with Crippen LogP contribution >= 0.6 is 0 Å². The van der Waals surface area contributed by atoms with Gasteiger partial charge in [-0.1, -0.05) is 12.1 Å². The molecule has 1 amide bonds. The number of rotatable bonds is 3. The number of para-hydroxylation sites is 1. The number of β-amino-alcohol motifs (C(OH)–C–C–N with tert-alkyl or cyclic N) is 1. The van der Waals surface area contributed by atoms with E-state index in [1.807, 2.05) is 38.1 Å². The van der Waals surface area contributed by atoms with Crippen molar-refractivity contribution in [3.05, 3.63) is 29.8 Å². The van der Waals surface area contributed by atoms with Gasteiger partial charge in [0.05, 0.1) is 11.7 Å². The van der Waals surface area contributed by atoms with Crippen molar-refractivity contribution in [3.63, 3.8) is 0 Å². The first kappa shape index (κ1) is 11.9. The third-order valence-corrected chi connectivity index (χ3v) is 2.75. The molecule has 1 saturated heterocycles. The molecule has 0 saturated carbocycles. The highest BCUT2D eigenvalue weighted by Crippen LogP contribution is 2.20. The number of benzene rings is 1. The van der Waals surface area contributed by atoms with E-state index in [1.54, 1.807) is 4.90 Å². The molecule has 1 fully saturated rings. The molecule has 1 aromatic carbocycles. The monoisotopic (exact) mass is 234 g/mol. The molecule has 1 aliphatic heterocycles. The second-order valence-electron chi connectivity index (χ2n) is 4.71. The molecule has 2 N–H and O–H groups in total. The number of nitrogens with one attached hydrogen (secondary N) is 1. The normalized spacial score (nSPS) is 15.9. The predicted molar refractivity (Wildman–Crippen MR) is 67.1 cm³/mol. The van der Waals surface area contributed by atoms with E-state index in [1.165, 1.54) is 0 Å².